The molecule has 0 bridgehead atoms. The van der Waals surface area contributed by atoms with Crippen LogP contribution in [0.15, 0.2) is 65.6 Å². The molecular weight excluding hydrogens is 428 g/mol. The van der Waals surface area contributed by atoms with Crippen molar-refractivity contribution in [2.75, 3.05) is 38.3 Å². The third-order valence-corrected chi connectivity index (χ3v) is 6.30. The first-order valence-electron chi connectivity index (χ1n) is 11.7. The van der Waals surface area contributed by atoms with Crippen molar-refractivity contribution in [3.63, 3.8) is 0 Å². The van der Waals surface area contributed by atoms with Gasteiger partial charge in [-0.15, -0.1) is 0 Å². The molecule has 178 valence electrons. The number of benzene rings is 2. The van der Waals surface area contributed by atoms with Gasteiger partial charge in [-0.25, -0.2) is 0 Å². The first-order valence-corrected chi connectivity index (χ1v) is 11.7. The zero-order valence-electron chi connectivity index (χ0n) is 20.1. The molecule has 4 rings (SSSR count). The summed E-state index contributed by atoms with van der Waals surface area (Å²) >= 11 is 0. The van der Waals surface area contributed by atoms with Crippen LogP contribution in [0.2, 0.25) is 0 Å². The van der Waals surface area contributed by atoms with Gasteiger partial charge in [-0.1, -0.05) is 36.4 Å². The summed E-state index contributed by atoms with van der Waals surface area (Å²) in [6, 6.07) is 18.1. The Bertz CT molecular complexity index is 1340. The molecule has 0 atom stereocenters. The minimum atomic E-state index is -0.171. The van der Waals surface area contributed by atoms with Crippen LogP contribution in [0.3, 0.4) is 0 Å². The molecule has 4 aromatic rings. The van der Waals surface area contributed by atoms with E-state index in [2.05, 4.69) is 29.3 Å². The summed E-state index contributed by atoms with van der Waals surface area (Å²) < 4.78 is 8.64. The lowest BCUT2D eigenvalue weighted by Crippen LogP contribution is -2.31. The summed E-state index contributed by atoms with van der Waals surface area (Å²) in [5, 5.41) is 4.68. The number of para-hydroxylation sites is 2. The molecular formula is C27H32N4O3. The lowest BCUT2D eigenvalue weighted by Gasteiger charge is -2.23. The Hall–Kier alpha value is -3.58. The van der Waals surface area contributed by atoms with Crippen molar-refractivity contribution in [2.24, 2.45) is 7.05 Å². The molecule has 0 aliphatic rings. The molecule has 2 heterocycles. The molecule has 0 saturated carbocycles. The van der Waals surface area contributed by atoms with Gasteiger partial charge >= 0.3 is 0 Å². The number of aromatic nitrogens is 2. The quantitative estimate of drug-likeness (QED) is 0.366. The van der Waals surface area contributed by atoms with Crippen molar-refractivity contribution < 1.29 is 9.53 Å². The Labute approximate surface area is 199 Å². The van der Waals surface area contributed by atoms with E-state index in [1.54, 1.807) is 17.9 Å². The normalized spacial score (nSPS) is 11.3. The second kappa shape index (κ2) is 10.6. The second-order valence-corrected chi connectivity index (χ2v) is 8.36. The van der Waals surface area contributed by atoms with Gasteiger partial charge in [0.2, 0.25) is 0 Å². The highest BCUT2D eigenvalue weighted by Crippen LogP contribution is 2.28. The van der Waals surface area contributed by atoms with Gasteiger partial charge in [-0.05, 0) is 31.5 Å². The largest absolute Gasteiger partial charge is 0.383 e. The van der Waals surface area contributed by atoms with Gasteiger partial charge in [0, 0.05) is 68.5 Å². The molecule has 34 heavy (non-hydrogen) atoms. The van der Waals surface area contributed by atoms with Crippen molar-refractivity contribution in [3.05, 3.63) is 76.7 Å². The Morgan fingerprint density at radius 2 is 1.82 bits per heavy atom. The standard InChI is InChI=1S/C27H32N4O3/c1-4-30(20-11-6-5-7-12-20)16-10-15-28-26(32)22-19-31(17-18-34-3)27(33)25-24(22)21-13-8-9-14-23(21)29(25)2/h5-9,11-14,19H,4,10,15-18H2,1-3H3,(H,28,32). The fraction of sp³-hybridized carbons (Fsp3) is 0.333. The van der Waals surface area contributed by atoms with Crippen molar-refractivity contribution in [1.29, 1.82) is 0 Å². The van der Waals surface area contributed by atoms with Gasteiger partial charge in [-0.2, -0.15) is 0 Å². The van der Waals surface area contributed by atoms with Crippen LogP contribution in [0, 0.1) is 0 Å². The average Bonchev–Trinajstić information content (AvgIpc) is 3.17. The number of amides is 1. The number of rotatable bonds is 10. The molecule has 0 unspecified atom stereocenters. The van der Waals surface area contributed by atoms with E-state index in [-0.39, 0.29) is 11.5 Å². The molecule has 1 N–H and O–H groups in total. The molecule has 0 saturated heterocycles. The van der Waals surface area contributed by atoms with Gasteiger partial charge in [0.15, 0.2) is 0 Å². The maximum Gasteiger partial charge on any atom is 0.275 e. The minimum Gasteiger partial charge on any atom is -0.383 e. The van der Waals surface area contributed by atoms with Gasteiger partial charge < -0.3 is 24.1 Å². The molecule has 1 amide bonds. The van der Waals surface area contributed by atoms with Gasteiger partial charge in [0.25, 0.3) is 11.5 Å². The smallest absolute Gasteiger partial charge is 0.275 e. The summed E-state index contributed by atoms with van der Waals surface area (Å²) in [5.41, 5.74) is 3.03. The summed E-state index contributed by atoms with van der Waals surface area (Å²) in [6.45, 7) is 5.20. The summed E-state index contributed by atoms with van der Waals surface area (Å²) in [5.74, 6) is -0.171. The van der Waals surface area contributed by atoms with Crippen LogP contribution in [0.1, 0.15) is 23.7 Å². The second-order valence-electron chi connectivity index (χ2n) is 8.36. The van der Waals surface area contributed by atoms with Gasteiger partial charge in [-0.3, -0.25) is 9.59 Å². The Balaban J connectivity index is 1.60. The number of methoxy groups -OCH3 is 1. The predicted molar refractivity (Wildman–Crippen MR) is 138 cm³/mol. The molecule has 7 heteroatoms. The first kappa shape index (κ1) is 23.6. The molecule has 0 aliphatic carbocycles. The topological polar surface area (TPSA) is 68.5 Å². The lowest BCUT2D eigenvalue weighted by molar-refractivity contribution is 0.0954. The monoisotopic (exact) mass is 460 g/mol. The zero-order valence-corrected chi connectivity index (χ0v) is 20.1. The number of carbonyl (C=O) groups excluding carboxylic acids is 1. The summed E-state index contributed by atoms with van der Waals surface area (Å²) in [6.07, 6.45) is 2.49. The number of hydrogen-bond donors (Lipinski definition) is 1. The van der Waals surface area contributed by atoms with E-state index in [4.69, 9.17) is 4.74 Å². The van der Waals surface area contributed by atoms with Crippen LogP contribution in [-0.2, 0) is 18.3 Å². The lowest BCUT2D eigenvalue weighted by atomic mass is 10.1. The number of ether oxygens (including phenoxy) is 1. The maximum absolute atomic E-state index is 13.4. The number of pyridine rings is 1. The number of anilines is 1. The van der Waals surface area contributed by atoms with E-state index in [1.807, 2.05) is 54.1 Å². The van der Waals surface area contributed by atoms with Crippen molar-refractivity contribution >= 4 is 33.4 Å². The average molecular weight is 461 g/mol. The van der Waals surface area contributed by atoms with Crippen molar-refractivity contribution in [3.8, 4) is 0 Å². The van der Waals surface area contributed by atoms with E-state index < -0.39 is 0 Å². The van der Waals surface area contributed by atoms with Crippen molar-refractivity contribution in [1.82, 2.24) is 14.5 Å². The van der Waals surface area contributed by atoms with E-state index in [1.165, 1.54) is 5.69 Å². The Kier molecular flexibility index (Phi) is 7.33. The molecule has 2 aromatic carbocycles. The number of aryl methyl sites for hydroxylation is 1. The highest BCUT2D eigenvalue weighted by molar-refractivity contribution is 6.17. The van der Waals surface area contributed by atoms with Crippen LogP contribution in [-0.4, -0.2) is 48.4 Å². The van der Waals surface area contributed by atoms with E-state index >= 15 is 0 Å². The number of hydrogen-bond acceptors (Lipinski definition) is 4. The molecule has 2 aromatic heterocycles. The van der Waals surface area contributed by atoms with E-state index in [9.17, 15) is 9.59 Å². The summed E-state index contributed by atoms with van der Waals surface area (Å²) in [7, 11) is 3.47. The Morgan fingerprint density at radius 3 is 2.56 bits per heavy atom. The minimum absolute atomic E-state index is 0.122. The number of nitrogens with one attached hydrogen (secondary N) is 1. The van der Waals surface area contributed by atoms with Crippen LogP contribution in [0.4, 0.5) is 5.69 Å². The third-order valence-electron chi connectivity index (χ3n) is 6.30. The number of fused-ring (bicyclic) bond motifs is 3. The Morgan fingerprint density at radius 1 is 1.09 bits per heavy atom. The van der Waals surface area contributed by atoms with Gasteiger partial charge in [0.05, 0.1) is 12.2 Å². The predicted octanol–water partition coefficient (Wildman–Crippen LogP) is 3.79. The van der Waals surface area contributed by atoms with Crippen LogP contribution in [0.5, 0.6) is 0 Å². The maximum atomic E-state index is 13.4. The fourth-order valence-corrected chi connectivity index (χ4v) is 4.53. The number of carbonyl (C=O) groups is 1. The van der Waals surface area contributed by atoms with Crippen LogP contribution < -0.4 is 15.8 Å². The third kappa shape index (κ3) is 4.56. The van der Waals surface area contributed by atoms with Crippen LogP contribution in [0.25, 0.3) is 21.8 Å². The van der Waals surface area contributed by atoms with Crippen LogP contribution >= 0.6 is 0 Å². The molecule has 0 fully saturated rings. The zero-order chi connectivity index (χ0) is 24.1. The molecule has 0 aliphatic heterocycles. The van der Waals surface area contributed by atoms with Crippen molar-refractivity contribution in [2.45, 2.75) is 19.9 Å². The highest BCUT2D eigenvalue weighted by atomic mass is 16.5. The number of nitrogens with zero attached hydrogens (tertiary/aromatic N) is 3. The first-order chi connectivity index (χ1) is 16.6. The van der Waals surface area contributed by atoms with E-state index in [0.29, 0.717) is 36.2 Å². The molecule has 0 radical (unpaired) electrons. The summed E-state index contributed by atoms with van der Waals surface area (Å²) in [4.78, 5) is 28.9. The van der Waals surface area contributed by atoms with E-state index in [0.717, 1.165) is 30.4 Å². The SMILES string of the molecule is CCN(CCCNC(=O)c1cn(CCOC)c(=O)c2c1c1ccccc1n2C)c1ccccc1. The highest BCUT2D eigenvalue weighted by Gasteiger charge is 2.21. The fourth-order valence-electron chi connectivity index (χ4n) is 4.53. The molecule has 7 nitrogen and oxygen atoms in total. The van der Waals surface area contributed by atoms with Gasteiger partial charge in [0.1, 0.15) is 5.52 Å². The molecule has 0 spiro atoms.